The number of carbonyl (C=O) groups is 1. The van der Waals surface area contributed by atoms with E-state index in [0.717, 1.165) is 56.2 Å². The number of fused-ring (bicyclic) bond motifs is 2. The smallest absolute Gasteiger partial charge is 0.254 e. The van der Waals surface area contributed by atoms with Crippen LogP contribution in [0.25, 0.3) is 31.7 Å². The first-order chi connectivity index (χ1) is 15.8. The average Bonchev–Trinajstić information content (AvgIpc) is 3.55. The second-order valence-electron chi connectivity index (χ2n) is 7.67. The van der Waals surface area contributed by atoms with Crippen molar-refractivity contribution >= 4 is 55.5 Å². The molecule has 0 bridgehead atoms. The molecule has 32 heavy (non-hydrogen) atoms. The minimum Gasteiger partial charge on any atom is -0.352 e. The summed E-state index contributed by atoms with van der Waals surface area (Å²) in [6, 6.07) is 16.0. The number of thiophene rings is 2. The maximum atomic E-state index is 13.6. The van der Waals surface area contributed by atoms with Gasteiger partial charge >= 0.3 is 0 Å². The van der Waals surface area contributed by atoms with Gasteiger partial charge in [-0.05, 0) is 35.0 Å². The Hall–Kier alpha value is -3.36. The Kier molecular flexibility index (Phi) is 4.81. The van der Waals surface area contributed by atoms with Crippen molar-refractivity contribution in [1.29, 1.82) is 0 Å². The molecule has 1 fully saturated rings. The largest absolute Gasteiger partial charge is 0.352 e. The van der Waals surface area contributed by atoms with Crippen molar-refractivity contribution in [2.75, 3.05) is 31.1 Å². The van der Waals surface area contributed by atoms with Crippen LogP contribution in [0.15, 0.2) is 65.6 Å². The monoisotopic (exact) mass is 457 g/mol. The van der Waals surface area contributed by atoms with Gasteiger partial charge in [-0.1, -0.05) is 24.3 Å². The van der Waals surface area contributed by atoms with Gasteiger partial charge in [-0.15, -0.1) is 22.7 Å². The number of hydrogen-bond donors (Lipinski definition) is 0. The Labute approximate surface area is 192 Å². The van der Waals surface area contributed by atoms with E-state index in [2.05, 4.69) is 20.9 Å². The third-order valence-electron chi connectivity index (χ3n) is 5.83. The Morgan fingerprint density at radius 3 is 2.59 bits per heavy atom. The van der Waals surface area contributed by atoms with E-state index < -0.39 is 0 Å². The van der Waals surface area contributed by atoms with Crippen LogP contribution in [0.1, 0.15) is 10.4 Å². The first-order valence-corrected chi connectivity index (χ1v) is 12.2. The Bertz CT molecular complexity index is 1420. The first kappa shape index (κ1) is 19.3. The van der Waals surface area contributed by atoms with E-state index in [9.17, 15) is 4.79 Å². The predicted molar refractivity (Wildman–Crippen MR) is 131 cm³/mol. The number of pyridine rings is 1. The van der Waals surface area contributed by atoms with Crippen LogP contribution in [0, 0.1) is 0 Å². The Morgan fingerprint density at radius 1 is 0.875 bits per heavy atom. The standard InChI is InChI=1S/C24H19N5OS2/c30-24(18-14-20(21-6-3-12-31-21)27-19-5-2-1-4-16(18)19)29-10-8-28(9-11-29)22-17-7-13-32-23(17)26-15-25-22/h1-7,12-15H,8-11H2. The van der Waals surface area contributed by atoms with Gasteiger partial charge in [0.1, 0.15) is 17.0 Å². The number of rotatable bonds is 3. The molecule has 1 aliphatic rings. The van der Waals surface area contributed by atoms with Crippen LogP contribution in [0.4, 0.5) is 5.82 Å². The zero-order valence-corrected chi connectivity index (χ0v) is 18.8. The molecule has 5 aromatic rings. The lowest BCUT2D eigenvalue weighted by Crippen LogP contribution is -2.49. The molecular formula is C24H19N5OS2. The lowest BCUT2D eigenvalue weighted by atomic mass is 10.1. The molecule has 1 amide bonds. The van der Waals surface area contributed by atoms with Crippen LogP contribution >= 0.6 is 22.7 Å². The van der Waals surface area contributed by atoms with Crippen LogP contribution in [0.2, 0.25) is 0 Å². The summed E-state index contributed by atoms with van der Waals surface area (Å²) in [6.45, 7) is 2.79. The summed E-state index contributed by atoms with van der Waals surface area (Å²) in [7, 11) is 0. The van der Waals surface area contributed by atoms with Crippen LogP contribution in [-0.4, -0.2) is 51.9 Å². The second-order valence-corrected chi connectivity index (χ2v) is 9.51. The molecule has 0 unspecified atom stereocenters. The number of amides is 1. The summed E-state index contributed by atoms with van der Waals surface area (Å²) >= 11 is 3.26. The minimum absolute atomic E-state index is 0.0597. The normalized spacial score (nSPS) is 14.4. The average molecular weight is 458 g/mol. The van der Waals surface area contributed by atoms with Crippen molar-refractivity contribution in [3.05, 3.63) is 71.2 Å². The number of aromatic nitrogens is 3. The summed E-state index contributed by atoms with van der Waals surface area (Å²) in [6.07, 6.45) is 1.63. The molecule has 6 rings (SSSR count). The van der Waals surface area contributed by atoms with E-state index in [1.54, 1.807) is 29.0 Å². The van der Waals surface area contributed by atoms with Crippen LogP contribution in [0.5, 0.6) is 0 Å². The Balaban J connectivity index is 1.29. The molecule has 4 aromatic heterocycles. The zero-order valence-electron chi connectivity index (χ0n) is 17.1. The van der Waals surface area contributed by atoms with Gasteiger partial charge in [0, 0.05) is 31.6 Å². The lowest BCUT2D eigenvalue weighted by molar-refractivity contribution is 0.0748. The molecule has 1 aromatic carbocycles. The maximum Gasteiger partial charge on any atom is 0.254 e. The molecule has 8 heteroatoms. The number of anilines is 1. The lowest BCUT2D eigenvalue weighted by Gasteiger charge is -2.35. The second kappa shape index (κ2) is 7.96. The number of piperazine rings is 1. The van der Waals surface area contributed by atoms with E-state index in [1.165, 1.54) is 0 Å². The topological polar surface area (TPSA) is 62.2 Å². The van der Waals surface area contributed by atoms with E-state index in [1.807, 2.05) is 58.1 Å². The van der Waals surface area contributed by atoms with Crippen LogP contribution in [0.3, 0.4) is 0 Å². The fourth-order valence-corrected chi connectivity index (χ4v) is 5.64. The van der Waals surface area contributed by atoms with E-state index in [0.29, 0.717) is 13.1 Å². The molecule has 158 valence electrons. The van der Waals surface area contributed by atoms with Gasteiger partial charge < -0.3 is 9.80 Å². The fraction of sp³-hybridized carbons (Fsp3) is 0.167. The van der Waals surface area contributed by atoms with Crippen LogP contribution < -0.4 is 4.90 Å². The molecule has 0 N–H and O–H groups in total. The summed E-state index contributed by atoms with van der Waals surface area (Å²) in [5.74, 6) is 1.02. The Morgan fingerprint density at radius 2 is 1.75 bits per heavy atom. The van der Waals surface area contributed by atoms with Crippen molar-refractivity contribution in [3.8, 4) is 10.6 Å². The molecular weight excluding hydrogens is 438 g/mol. The number of nitrogens with zero attached hydrogens (tertiary/aromatic N) is 5. The highest BCUT2D eigenvalue weighted by Crippen LogP contribution is 2.30. The minimum atomic E-state index is 0.0597. The van der Waals surface area contributed by atoms with Gasteiger partial charge in [0.15, 0.2) is 0 Å². The van der Waals surface area contributed by atoms with Gasteiger partial charge in [-0.3, -0.25) is 4.79 Å². The highest BCUT2D eigenvalue weighted by Gasteiger charge is 2.26. The van der Waals surface area contributed by atoms with Gasteiger partial charge in [-0.2, -0.15) is 0 Å². The molecule has 0 aliphatic carbocycles. The van der Waals surface area contributed by atoms with Crippen LogP contribution in [-0.2, 0) is 0 Å². The molecule has 6 nitrogen and oxygen atoms in total. The number of para-hydroxylation sites is 1. The molecule has 1 aliphatic heterocycles. The van der Waals surface area contributed by atoms with Gasteiger partial charge in [0.05, 0.1) is 27.0 Å². The van der Waals surface area contributed by atoms with Crippen molar-refractivity contribution < 1.29 is 4.79 Å². The third kappa shape index (κ3) is 3.32. The quantitative estimate of drug-likeness (QED) is 0.384. The summed E-state index contributed by atoms with van der Waals surface area (Å²) in [4.78, 5) is 33.5. The number of benzene rings is 1. The first-order valence-electron chi connectivity index (χ1n) is 10.4. The summed E-state index contributed by atoms with van der Waals surface area (Å²) in [5.41, 5.74) is 2.41. The highest BCUT2D eigenvalue weighted by molar-refractivity contribution is 7.16. The molecule has 1 saturated heterocycles. The van der Waals surface area contributed by atoms with E-state index >= 15 is 0 Å². The zero-order chi connectivity index (χ0) is 21.5. The van der Waals surface area contributed by atoms with Crippen molar-refractivity contribution in [3.63, 3.8) is 0 Å². The molecule has 0 atom stereocenters. The van der Waals surface area contributed by atoms with Crippen molar-refractivity contribution in [2.24, 2.45) is 0 Å². The summed E-state index contributed by atoms with van der Waals surface area (Å²) < 4.78 is 0. The third-order valence-corrected chi connectivity index (χ3v) is 7.54. The van der Waals surface area contributed by atoms with Gasteiger partial charge in [-0.25, -0.2) is 15.0 Å². The van der Waals surface area contributed by atoms with E-state index in [4.69, 9.17) is 4.98 Å². The van der Waals surface area contributed by atoms with Gasteiger partial charge in [0.25, 0.3) is 5.91 Å². The maximum absolute atomic E-state index is 13.6. The van der Waals surface area contributed by atoms with E-state index in [-0.39, 0.29) is 5.91 Å². The predicted octanol–water partition coefficient (Wildman–Crippen LogP) is 4.93. The van der Waals surface area contributed by atoms with Crippen molar-refractivity contribution in [2.45, 2.75) is 0 Å². The fourth-order valence-electron chi connectivity index (χ4n) is 4.22. The molecule has 5 heterocycles. The highest BCUT2D eigenvalue weighted by atomic mass is 32.1. The number of carbonyl (C=O) groups excluding carboxylic acids is 1. The SMILES string of the molecule is O=C(c1cc(-c2cccs2)nc2ccccc12)N1CCN(c2ncnc3sccc23)CC1. The number of hydrogen-bond acceptors (Lipinski definition) is 7. The molecule has 0 spiro atoms. The van der Waals surface area contributed by atoms with Crippen molar-refractivity contribution in [1.82, 2.24) is 19.9 Å². The van der Waals surface area contributed by atoms with Gasteiger partial charge in [0.2, 0.25) is 0 Å². The molecule has 0 saturated carbocycles. The summed E-state index contributed by atoms with van der Waals surface area (Å²) in [5, 5.41) is 6.06. The molecule has 0 radical (unpaired) electrons.